The van der Waals surface area contributed by atoms with Crippen molar-refractivity contribution in [3.8, 4) is 5.75 Å². The summed E-state index contributed by atoms with van der Waals surface area (Å²) in [7, 11) is 3.46. The third-order valence-corrected chi connectivity index (χ3v) is 5.86. The number of hydrogen-bond donors (Lipinski definition) is 0. The number of carbonyl (C=O) groups is 1. The van der Waals surface area contributed by atoms with Crippen molar-refractivity contribution in [2.45, 2.75) is 25.9 Å². The summed E-state index contributed by atoms with van der Waals surface area (Å²) in [4.78, 5) is 19.6. The van der Waals surface area contributed by atoms with Crippen molar-refractivity contribution in [1.29, 1.82) is 0 Å². The number of methoxy groups -OCH3 is 1. The highest BCUT2D eigenvalue weighted by molar-refractivity contribution is 7.22. The molecule has 0 saturated carbocycles. The first-order valence-corrected chi connectivity index (χ1v) is 9.75. The second-order valence-electron chi connectivity index (χ2n) is 6.68. The maximum atomic E-state index is 13.2. The molecule has 0 N–H and O–H groups in total. The molecule has 1 aromatic carbocycles. The molecule has 27 heavy (non-hydrogen) atoms. The fourth-order valence-corrected chi connectivity index (χ4v) is 4.13. The average molecular weight is 386 g/mol. The van der Waals surface area contributed by atoms with E-state index >= 15 is 0 Å². The number of aromatic nitrogens is 3. The van der Waals surface area contributed by atoms with E-state index in [9.17, 15) is 4.79 Å². The number of fused-ring (bicyclic) bond motifs is 1. The molecule has 142 valence electrons. The van der Waals surface area contributed by atoms with Gasteiger partial charge >= 0.3 is 0 Å². The first-order valence-electron chi connectivity index (χ1n) is 8.94. The number of ether oxygens (including phenoxy) is 2. The fraction of sp³-hybridized carbons (Fsp3) is 0.421. The molecule has 0 unspecified atom stereocenters. The molecule has 2 aromatic heterocycles. The number of nitrogens with zero attached hydrogens (tertiary/aromatic N) is 4. The number of hydrogen-bond acceptors (Lipinski definition) is 6. The van der Waals surface area contributed by atoms with Crippen molar-refractivity contribution in [3.63, 3.8) is 0 Å². The number of amides is 1. The van der Waals surface area contributed by atoms with Gasteiger partial charge in [0.05, 0.1) is 30.0 Å². The van der Waals surface area contributed by atoms with Gasteiger partial charge < -0.3 is 9.47 Å². The molecule has 0 bridgehead atoms. The predicted octanol–water partition coefficient (Wildman–Crippen LogP) is 3.17. The standard InChI is InChI=1S/C19H22N4O3S/c1-12-9-16(21-22(12)2)18(24)23(11-14-5-4-8-26-14)19-20-15-10-13(25-3)6-7-17(15)27-19/h6-7,9-10,14H,4-5,8,11H2,1-3H3/t14-/m0/s1. The number of carbonyl (C=O) groups excluding carboxylic acids is 1. The Kier molecular flexibility index (Phi) is 4.84. The summed E-state index contributed by atoms with van der Waals surface area (Å²) < 4.78 is 13.8. The molecule has 1 aliphatic rings. The Morgan fingerprint density at radius 1 is 1.44 bits per heavy atom. The van der Waals surface area contributed by atoms with Crippen LogP contribution >= 0.6 is 11.3 Å². The Morgan fingerprint density at radius 3 is 2.96 bits per heavy atom. The Hall–Kier alpha value is -2.45. The zero-order valence-corrected chi connectivity index (χ0v) is 16.5. The highest BCUT2D eigenvalue weighted by Crippen LogP contribution is 2.32. The SMILES string of the molecule is COc1ccc2sc(N(C[C@@H]3CCCO3)C(=O)c3cc(C)n(C)n3)nc2c1. The summed E-state index contributed by atoms with van der Waals surface area (Å²) in [5.41, 5.74) is 2.17. The van der Waals surface area contributed by atoms with Crippen molar-refractivity contribution >= 4 is 32.6 Å². The Labute approximate surface area is 161 Å². The molecule has 8 heteroatoms. The molecule has 7 nitrogen and oxygen atoms in total. The van der Waals surface area contributed by atoms with Crippen LogP contribution in [0, 0.1) is 6.92 Å². The van der Waals surface area contributed by atoms with Crippen LogP contribution in [-0.4, -0.2) is 47.0 Å². The van der Waals surface area contributed by atoms with Gasteiger partial charge in [-0.2, -0.15) is 5.10 Å². The highest BCUT2D eigenvalue weighted by atomic mass is 32.1. The smallest absolute Gasteiger partial charge is 0.280 e. The minimum Gasteiger partial charge on any atom is -0.497 e. The van der Waals surface area contributed by atoms with E-state index in [0.29, 0.717) is 17.4 Å². The van der Waals surface area contributed by atoms with E-state index in [2.05, 4.69) is 5.10 Å². The zero-order chi connectivity index (χ0) is 19.0. The molecular formula is C19H22N4O3S. The average Bonchev–Trinajstić information content (AvgIpc) is 3.39. The Bertz CT molecular complexity index is 955. The molecular weight excluding hydrogens is 364 g/mol. The minimum atomic E-state index is -0.153. The predicted molar refractivity (Wildman–Crippen MR) is 105 cm³/mol. The summed E-state index contributed by atoms with van der Waals surface area (Å²) in [6.45, 7) is 3.15. The lowest BCUT2D eigenvalue weighted by Crippen LogP contribution is -2.37. The normalized spacial score (nSPS) is 16.8. The largest absolute Gasteiger partial charge is 0.497 e. The van der Waals surface area contributed by atoms with Gasteiger partial charge in [0.1, 0.15) is 5.75 Å². The molecule has 1 saturated heterocycles. The van der Waals surface area contributed by atoms with Crippen LogP contribution in [0.15, 0.2) is 24.3 Å². The van der Waals surface area contributed by atoms with Crippen molar-refractivity contribution in [1.82, 2.24) is 14.8 Å². The van der Waals surface area contributed by atoms with E-state index in [-0.39, 0.29) is 12.0 Å². The molecule has 1 fully saturated rings. The molecule has 0 radical (unpaired) electrons. The summed E-state index contributed by atoms with van der Waals surface area (Å²) in [6, 6.07) is 7.56. The van der Waals surface area contributed by atoms with E-state index in [1.54, 1.807) is 22.8 Å². The lowest BCUT2D eigenvalue weighted by Gasteiger charge is -2.22. The van der Waals surface area contributed by atoms with Gasteiger partial charge in [0.25, 0.3) is 5.91 Å². The van der Waals surface area contributed by atoms with Crippen LogP contribution in [0.2, 0.25) is 0 Å². The molecule has 3 heterocycles. The first kappa shape index (κ1) is 17.9. The maximum absolute atomic E-state index is 13.2. The molecule has 1 atom stereocenters. The molecule has 1 amide bonds. The van der Waals surface area contributed by atoms with E-state index < -0.39 is 0 Å². The molecule has 0 spiro atoms. The van der Waals surface area contributed by atoms with Crippen LogP contribution < -0.4 is 9.64 Å². The summed E-state index contributed by atoms with van der Waals surface area (Å²) in [5.74, 6) is 0.594. The number of aryl methyl sites for hydroxylation is 2. The number of rotatable bonds is 5. The monoisotopic (exact) mass is 386 g/mol. The Morgan fingerprint density at radius 2 is 2.30 bits per heavy atom. The van der Waals surface area contributed by atoms with Crippen LogP contribution in [0.25, 0.3) is 10.2 Å². The van der Waals surface area contributed by atoms with Gasteiger partial charge in [-0.1, -0.05) is 11.3 Å². The van der Waals surface area contributed by atoms with Crippen LogP contribution in [-0.2, 0) is 11.8 Å². The zero-order valence-electron chi connectivity index (χ0n) is 15.6. The molecule has 4 rings (SSSR count). The van der Waals surface area contributed by atoms with Gasteiger partial charge in [0, 0.05) is 25.4 Å². The first-order chi connectivity index (χ1) is 13.0. The van der Waals surface area contributed by atoms with E-state index in [1.165, 1.54) is 11.3 Å². The van der Waals surface area contributed by atoms with Crippen LogP contribution in [0.5, 0.6) is 5.75 Å². The summed E-state index contributed by atoms with van der Waals surface area (Å²) >= 11 is 1.49. The number of anilines is 1. The van der Waals surface area contributed by atoms with Crippen LogP contribution in [0.1, 0.15) is 29.0 Å². The van der Waals surface area contributed by atoms with Gasteiger partial charge in [-0.3, -0.25) is 14.4 Å². The lowest BCUT2D eigenvalue weighted by molar-refractivity contribution is 0.0913. The van der Waals surface area contributed by atoms with E-state index in [0.717, 1.165) is 41.1 Å². The van der Waals surface area contributed by atoms with Gasteiger partial charge in [-0.15, -0.1) is 0 Å². The fourth-order valence-electron chi connectivity index (χ4n) is 3.18. The topological polar surface area (TPSA) is 69.5 Å². The second-order valence-corrected chi connectivity index (χ2v) is 7.68. The Balaban J connectivity index is 1.71. The number of benzene rings is 1. The second kappa shape index (κ2) is 7.28. The minimum absolute atomic E-state index is 0.0281. The third kappa shape index (κ3) is 3.54. The third-order valence-electron chi connectivity index (χ3n) is 4.80. The van der Waals surface area contributed by atoms with Gasteiger partial charge in [0.2, 0.25) is 0 Å². The van der Waals surface area contributed by atoms with Gasteiger partial charge in [-0.25, -0.2) is 4.98 Å². The van der Waals surface area contributed by atoms with Gasteiger partial charge in [0.15, 0.2) is 10.8 Å². The molecule has 0 aliphatic carbocycles. The van der Waals surface area contributed by atoms with Crippen molar-refractivity contribution < 1.29 is 14.3 Å². The quantitative estimate of drug-likeness (QED) is 0.674. The van der Waals surface area contributed by atoms with Gasteiger partial charge in [-0.05, 0) is 38.0 Å². The van der Waals surface area contributed by atoms with Crippen molar-refractivity contribution in [2.24, 2.45) is 7.05 Å². The van der Waals surface area contributed by atoms with E-state index in [1.807, 2.05) is 32.2 Å². The molecule has 3 aromatic rings. The van der Waals surface area contributed by atoms with Crippen LogP contribution in [0.4, 0.5) is 5.13 Å². The summed E-state index contributed by atoms with van der Waals surface area (Å²) in [6.07, 6.45) is 2.00. The van der Waals surface area contributed by atoms with Crippen molar-refractivity contribution in [2.75, 3.05) is 25.2 Å². The maximum Gasteiger partial charge on any atom is 0.280 e. The highest BCUT2D eigenvalue weighted by Gasteiger charge is 2.28. The van der Waals surface area contributed by atoms with E-state index in [4.69, 9.17) is 14.5 Å². The molecule has 1 aliphatic heterocycles. The number of thiazole rings is 1. The van der Waals surface area contributed by atoms with Crippen molar-refractivity contribution in [3.05, 3.63) is 35.7 Å². The summed E-state index contributed by atoms with van der Waals surface area (Å²) in [5, 5.41) is 5.01. The van der Waals surface area contributed by atoms with Crippen LogP contribution in [0.3, 0.4) is 0 Å². The lowest BCUT2D eigenvalue weighted by atomic mass is 10.2.